The SMILES string of the molecule is C[C@H](C(=O)N[C@@H](C(=O)O)c1ccc(O)cc1)n1nnc2ccccc2c1=O. The maximum Gasteiger partial charge on any atom is 0.330 e. The molecule has 0 unspecified atom stereocenters. The Morgan fingerprint density at radius 2 is 1.78 bits per heavy atom. The first-order valence-corrected chi connectivity index (χ1v) is 8.05. The van der Waals surface area contributed by atoms with Crippen LogP contribution in [0.3, 0.4) is 0 Å². The van der Waals surface area contributed by atoms with E-state index in [1.165, 1.54) is 31.2 Å². The molecule has 1 aromatic heterocycles. The summed E-state index contributed by atoms with van der Waals surface area (Å²) in [5.41, 5.74) is 0.177. The van der Waals surface area contributed by atoms with Gasteiger partial charge in [-0.05, 0) is 36.8 Å². The number of aromatic hydroxyl groups is 1. The van der Waals surface area contributed by atoms with E-state index in [9.17, 15) is 24.6 Å². The number of hydrogen-bond acceptors (Lipinski definition) is 6. The van der Waals surface area contributed by atoms with Crippen LogP contribution < -0.4 is 10.9 Å². The van der Waals surface area contributed by atoms with Crippen LogP contribution in [0.15, 0.2) is 53.3 Å². The first kappa shape index (κ1) is 18.1. The number of benzene rings is 2. The van der Waals surface area contributed by atoms with Crippen LogP contribution in [-0.4, -0.2) is 37.1 Å². The Balaban J connectivity index is 1.88. The first-order chi connectivity index (χ1) is 12.9. The number of carbonyl (C=O) groups excluding carboxylic acids is 1. The number of hydrogen-bond donors (Lipinski definition) is 3. The van der Waals surface area contributed by atoms with Crippen molar-refractivity contribution in [3.63, 3.8) is 0 Å². The molecule has 1 amide bonds. The summed E-state index contributed by atoms with van der Waals surface area (Å²) in [5.74, 6) is -2.01. The van der Waals surface area contributed by atoms with Crippen LogP contribution in [-0.2, 0) is 9.59 Å². The van der Waals surface area contributed by atoms with E-state index in [0.717, 1.165) is 4.68 Å². The molecule has 0 fully saturated rings. The molecule has 0 aliphatic rings. The van der Waals surface area contributed by atoms with Crippen LogP contribution in [0.5, 0.6) is 5.75 Å². The van der Waals surface area contributed by atoms with Crippen molar-refractivity contribution < 1.29 is 19.8 Å². The Kier molecular flexibility index (Phi) is 4.84. The van der Waals surface area contributed by atoms with E-state index < -0.39 is 29.5 Å². The maximum atomic E-state index is 12.5. The van der Waals surface area contributed by atoms with Gasteiger partial charge >= 0.3 is 5.97 Å². The van der Waals surface area contributed by atoms with Gasteiger partial charge in [-0.3, -0.25) is 9.59 Å². The van der Waals surface area contributed by atoms with Gasteiger partial charge in [0.15, 0.2) is 6.04 Å². The molecule has 27 heavy (non-hydrogen) atoms. The number of aliphatic carboxylic acids is 1. The third kappa shape index (κ3) is 3.61. The fourth-order valence-electron chi connectivity index (χ4n) is 2.58. The minimum atomic E-state index is -1.34. The van der Waals surface area contributed by atoms with Crippen molar-refractivity contribution in [3.05, 3.63) is 64.4 Å². The van der Waals surface area contributed by atoms with E-state index in [1.54, 1.807) is 24.3 Å². The van der Waals surface area contributed by atoms with E-state index >= 15 is 0 Å². The van der Waals surface area contributed by atoms with Gasteiger partial charge in [0.25, 0.3) is 5.56 Å². The third-order valence-corrected chi connectivity index (χ3v) is 4.10. The van der Waals surface area contributed by atoms with Gasteiger partial charge in [0.05, 0.1) is 5.39 Å². The van der Waals surface area contributed by atoms with Gasteiger partial charge in [0.2, 0.25) is 5.91 Å². The number of aromatic nitrogens is 3. The fourth-order valence-corrected chi connectivity index (χ4v) is 2.58. The molecule has 3 N–H and O–H groups in total. The second-order valence-corrected chi connectivity index (χ2v) is 5.90. The Labute approximate surface area is 152 Å². The smallest absolute Gasteiger partial charge is 0.330 e. The van der Waals surface area contributed by atoms with Crippen LogP contribution in [0, 0.1) is 0 Å². The van der Waals surface area contributed by atoms with Crippen molar-refractivity contribution in [2.75, 3.05) is 0 Å². The van der Waals surface area contributed by atoms with Gasteiger partial charge < -0.3 is 15.5 Å². The predicted octanol–water partition coefficient (Wildman–Crippen LogP) is 1.00. The lowest BCUT2D eigenvalue weighted by Crippen LogP contribution is -2.41. The summed E-state index contributed by atoms with van der Waals surface area (Å²) >= 11 is 0. The Bertz CT molecular complexity index is 1060. The van der Waals surface area contributed by atoms with Crippen molar-refractivity contribution in [1.82, 2.24) is 20.3 Å². The lowest BCUT2D eigenvalue weighted by Gasteiger charge is -2.18. The van der Waals surface area contributed by atoms with Crippen LogP contribution in [0.25, 0.3) is 10.9 Å². The second kappa shape index (κ2) is 7.24. The third-order valence-electron chi connectivity index (χ3n) is 4.10. The molecule has 9 heteroatoms. The normalized spacial score (nSPS) is 13.1. The highest BCUT2D eigenvalue weighted by Crippen LogP contribution is 2.18. The summed E-state index contributed by atoms with van der Waals surface area (Å²) in [6.45, 7) is 1.43. The number of rotatable bonds is 5. The van der Waals surface area contributed by atoms with Gasteiger partial charge in [-0.15, -0.1) is 5.10 Å². The van der Waals surface area contributed by atoms with E-state index in [2.05, 4.69) is 15.6 Å². The standard InChI is InChI=1S/C18H16N4O5/c1-10(22-17(25)13-4-2-3-5-14(13)20-21-22)16(24)19-15(18(26)27)11-6-8-12(23)9-7-11/h2-10,15,23H,1H3,(H,19,24)(H,26,27)/t10-,15-/m1/s1. The van der Waals surface area contributed by atoms with Crippen LogP contribution in [0.2, 0.25) is 0 Å². The van der Waals surface area contributed by atoms with Crippen molar-refractivity contribution in [1.29, 1.82) is 0 Å². The summed E-state index contributed by atoms with van der Waals surface area (Å²) in [4.78, 5) is 36.6. The lowest BCUT2D eigenvalue weighted by atomic mass is 10.1. The minimum absolute atomic E-state index is 0.0272. The monoisotopic (exact) mass is 368 g/mol. The second-order valence-electron chi connectivity index (χ2n) is 5.90. The first-order valence-electron chi connectivity index (χ1n) is 8.05. The summed E-state index contributed by atoms with van der Waals surface area (Å²) in [6.07, 6.45) is 0. The topological polar surface area (TPSA) is 134 Å². The zero-order valence-corrected chi connectivity index (χ0v) is 14.2. The zero-order valence-electron chi connectivity index (χ0n) is 14.2. The molecule has 0 saturated carbocycles. The Hall–Kier alpha value is -3.75. The Morgan fingerprint density at radius 1 is 1.11 bits per heavy atom. The Morgan fingerprint density at radius 3 is 2.44 bits per heavy atom. The number of carboxylic acid groups (broad SMARTS) is 1. The number of carbonyl (C=O) groups is 2. The highest BCUT2D eigenvalue weighted by atomic mass is 16.4. The average molecular weight is 368 g/mol. The quantitative estimate of drug-likeness (QED) is 0.611. The molecule has 0 saturated heterocycles. The number of phenolic OH excluding ortho intramolecular Hbond substituents is 1. The van der Waals surface area contributed by atoms with E-state index in [-0.39, 0.29) is 11.3 Å². The van der Waals surface area contributed by atoms with E-state index in [1.807, 2.05) is 0 Å². The number of nitrogens with zero attached hydrogens (tertiary/aromatic N) is 3. The molecule has 2 aromatic carbocycles. The molecule has 3 aromatic rings. The molecule has 9 nitrogen and oxygen atoms in total. The van der Waals surface area contributed by atoms with Crippen molar-refractivity contribution >= 4 is 22.8 Å². The van der Waals surface area contributed by atoms with Crippen molar-refractivity contribution in [3.8, 4) is 5.75 Å². The van der Waals surface area contributed by atoms with E-state index in [4.69, 9.17) is 0 Å². The number of phenols is 1. The minimum Gasteiger partial charge on any atom is -0.508 e. The molecule has 2 atom stereocenters. The highest BCUT2D eigenvalue weighted by molar-refractivity contribution is 5.86. The molecular formula is C18H16N4O5. The zero-order chi connectivity index (χ0) is 19.6. The van der Waals surface area contributed by atoms with Gasteiger partial charge in [-0.1, -0.05) is 29.5 Å². The number of fused-ring (bicyclic) bond motifs is 1. The lowest BCUT2D eigenvalue weighted by molar-refractivity contribution is -0.142. The summed E-state index contributed by atoms with van der Waals surface area (Å²) in [7, 11) is 0. The van der Waals surface area contributed by atoms with Crippen LogP contribution in [0.1, 0.15) is 24.6 Å². The number of carboxylic acids is 1. The van der Waals surface area contributed by atoms with Gasteiger partial charge in [0, 0.05) is 0 Å². The number of amides is 1. The molecule has 0 aliphatic heterocycles. The maximum absolute atomic E-state index is 12.5. The molecule has 0 bridgehead atoms. The molecule has 0 radical (unpaired) electrons. The highest BCUT2D eigenvalue weighted by Gasteiger charge is 2.26. The largest absolute Gasteiger partial charge is 0.508 e. The summed E-state index contributed by atoms with van der Waals surface area (Å²) in [6, 6.07) is 9.59. The fraction of sp³-hybridized carbons (Fsp3) is 0.167. The molecular weight excluding hydrogens is 352 g/mol. The van der Waals surface area contributed by atoms with Gasteiger partial charge in [-0.2, -0.15) is 4.68 Å². The van der Waals surface area contributed by atoms with Gasteiger partial charge in [0.1, 0.15) is 17.3 Å². The van der Waals surface area contributed by atoms with Crippen molar-refractivity contribution in [2.24, 2.45) is 0 Å². The molecule has 138 valence electrons. The summed E-state index contributed by atoms with van der Waals surface area (Å²) in [5, 5.41) is 29.1. The summed E-state index contributed by atoms with van der Waals surface area (Å²) < 4.78 is 0.910. The van der Waals surface area contributed by atoms with Crippen LogP contribution in [0.4, 0.5) is 0 Å². The average Bonchev–Trinajstić information content (AvgIpc) is 2.66. The predicted molar refractivity (Wildman–Crippen MR) is 95.1 cm³/mol. The van der Waals surface area contributed by atoms with E-state index in [0.29, 0.717) is 10.9 Å². The number of nitrogens with one attached hydrogen (secondary N) is 1. The molecule has 3 rings (SSSR count). The van der Waals surface area contributed by atoms with Crippen LogP contribution >= 0.6 is 0 Å². The molecule has 0 aliphatic carbocycles. The molecule has 1 heterocycles. The van der Waals surface area contributed by atoms with Crippen molar-refractivity contribution in [2.45, 2.75) is 19.0 Å². The van der Waals surface area contributed by atoms with Gasteiger partial charge in [-0.25, -0.2) is 4.79 Å². The molecule has 0 spiro atoms.